The normalized spacial score (nSPS) is 17.8. The Morgan fingerprint density at radius 3 is 2.67 bits per heavy atom. The molecule has 1 aliphatic rings. The van der Waals surface area contributed by atoms with Crippen LogP contribution in [-0.2, 0) is 0 Å². The Morgan fingerprint density at radius 1 is 1.03 bits per heavy atom. The second-order valence-electron chi connectivity index (χ2n) is 7.50. The Kier molecular flexibility index (Phi) is 5.98. The number of ether oxygens (including phenoxy) is 1. The van der Waals surface area contributed by atoms with Crippen molar-refractivity contribution >= 4 is 46.2 Å². The number of nitrogens with zero attached hydrogens (tertiary/aromatic N) is 2. The molecule has 4 aromatic rings. The Balaban J connectivity index is 1.62. The number of nitrogens with one attached hydrogen (secondary N) is 1. The lowest BCUT2D eigenvalue weighted by atomic mass is 10.0. The van der Waals surface area contributed by atoms with Gasteiger partial charge in [0.15, 0.2) is 5.11 Å². The van der Waals surface area contributed by atoms with Gasteiger partial charge in [-0.3, -0.25) is 4.98 Å². The summed E-state index contributed by atoms with van der Waals surface area (Å²) in [5.41, 5.74) is 2.47. The quantitative estimate of drug-likeness (QED) is 0.306. The number of anilines is 1. The first kappa shape index (κ1) is 21.8. The van der Waals surface area contributed by atoms with Crippen molar-refractivity contribution in [3.63, 3.8) is 0 Å². The van der Waals surface area contributed by atoms with Crippen LogP contribution < -0.4 is 15.0 Å². The van der Waals surface area contributed by atoms with Gasteiger partial charge in [-0.15, -0.1) is 0 Å². The molecule has 1 aliphatic heterocycles. The predicted octanol–water partition coefficient (Wildman–Crippen LogP) is 6.83. The zero-order valence-electron chi connectivity index (χ0n) is 17.5. The number of halogens is 2. The average Bonchev–Trinajstić information content (AvgIpc) is 3.46. The first-order valence-corrected chi connectivity index (χ1v) is 11.4. The number of furan rings is 1. The van der Waals surface area contributed by atoms with Gasteiger partial charge in [0.2, 0.25) is 0 Å². The van der Waals surface area contributed by atoms with Crippen LogP contribution in [0.5, 0.6) is 5.75 Å². The van der Waals surface area contributed by atoms with Crippen LogP contribution in [0.4, 0.5) is 5.69 Å². The Hall–Kier alpha value is -3.06. The van der Waals surface area contributed by atoms with Gasteiger partial charge in [-0.2, -0.15) is 0 Å². The lowest BCUT2D eigenvalue weighted by Gasteiger charge is -2.26. The van der Waals surface area contributed by atoms with Crippen LogP contribution in [0.3, 0.4) is 0 Å². The molecule has 0 aliphatic carbocycles. The summed E-state index contributed by atoms with van der Waals surface area (Å²) in [6, 6.07) is 22.4. The SMILES string of the molecule is COc1cccc(N2C(=S)N[C@H](c3ccccn3)[C@@H]2c2ccc(-c3cccc(Cl)c3Cl)o2)c1. The lowest BCUT2D eigenvalue weighted by molar-refractivity contribution is 0.414. The maximum atomic E-state index is 6.44. The molecule has 2 aromatic carbocycles. The molecule has 2 atom stereocenters. The van der Waals surface area contributed by atoms with Gasteiger partial charge in [-0.05, 0) is 60.7 Å². The maximum Gasteiger partial charge on any atom is 0.174 e. The second-order valence-corrected chi connectivity index (χ2v) is 8.67. The molecule has 1 N–H and O–H groups in total. The molecule has 1 fully saturated rings. The summed E-state index contributed by atoms with van der Waals surface area (Å²) in [5, 5.41) is 4.92. The van der Waals surface area contributed by atoms with Crippen LogP contribution >= 0.6 is 35.4 Å². The molecular weight excluding hydrogens is 477 g/mol. The molecule has 0 bridgehead atoms. The smallest absolute Gasteiger partial charge is 0.174 e. The third kappa shape index (κ3) is 4.06. The third-order valence-electron chi connectivity index (χ3n) is 5.56. The fourth-order valence-electron chi connectivity index (χ4n) is 4.03. The fourth-order valence-corrected chi connectivity index (χ4v) is 4.77. The number of pyridine rings is 1. The molecule has 0 unspecified atom stereocenters. The van der Waals surface area contributed by atoms with Crippen molar-refractivity contribution in [3.05, 3.63) is 100 Å². The van der Waals surface area contributed by atoms with E-state index in [0.29, 0.717) is 26.7 Å². The number of hydrogen-bond acceptors (Lipinski definition) is 4. The van der Waals surface area contributed by atoms with Gasteiger partial charge in [0.1, 0.15) is 23.3 Å². The highest BCUT2D eigenvalue weighted by molar-refractivity contribution is 7.80. The van der Waals surface area contributed by atoms with E-state index in [1.165, 1.54) is 0 Å². The van der Waals surface area contributed by atoms with Crippen LogP contribution in [0, 0.1) is 0 Å². The number of thiocarbonyl (C=S) groups is 1. The molecule has 0 saturated carbocycles. The van der Waals surface area contributed by atoms with Crippen molar-refractivity contribution in [2.24, 2.45) is 0 Å². The highest BCUT2D eigenvalue weighted by Crippen LogP contribution is 2.44. The standard InChI is InChI=1S/C25H19Cl2N3O2S/c1-31-16-7-4-6-15(14-16)30-24(23(29-25(30)33)19-10-2-3-13-28-19)21-12-11-20(32-21)17-8-5-9-18(26)22(17)27/h2-14,23-24H,1H3,(H,29,33)/t23-,24+/m1/s1. The van der Waals surface area contributed by atoms with Gasteiger partial charge in [0.25, 0.3) is 0 Å². The summed E-state index contributed by atoms with van der Waals surface area (Å²) in [5.74, 6) is 2.08. The lowest BCUT2D eigenvalue weighted by Crippen LogP contribution is -2.29. The van der Waals surface area contributed by atoms with Crippen LogP contribution in [-0.4, -0.2) is 17.2 Å². The Labute approximate surface area is 206 Å². The number of rotatable bonds is 5. The molecule has 0 amide bonds. The topological polar surface area (TPSA) is 50.5 Å². The molecule has 33 heavy (non-hydrogen) atoms. The van der Waals surface area contributed by atoms with Crippen molar-refractivity contribution in [2.45, 2.75) is 12.1 Å². The molecule has 0 spiro atoms. The van der Waals surface area contributed by atoms with E-state index in [-0.39, 0.29) is 12.1 Å². The summed E-state index contributed by atoms with van der Waals surface area (Å²) in [4.78, 5) is 6.60. The summed E-state index contributed by atoms with van der Waals surface area (Å²) >= 11 is 18.4. The van der Waals surface area contributed by atoms with Crippen LogP contribution in [0.25, 0.3) is 11.3 Å². The maximum absolute atomic E-state index is 6.44. The highest BCUT2D eigenvalue weighted by atomic mass is 35.5. The van der Waals surface area contributed by atoms with Crippen molar-refractivity contribution < 1.29 is 9.15 Å². The zero-order valence-corrected chi connectivity index (χ0v) is 19.9. The summed E-state index contributed by atoms with van der Waals surface area (Å²) < 4.78 is 11.8. The van der Waals surface area contributed by atoms with Gasteiger partial charge in [-0.25, -0.2) is 0 Å². The van der Waals surface area contributed by atoms with Gasteiger partial charge in [-0.1, -0.05) is 41.4 Å². The molecule has 5 rings (SSSR count). The average molecular weight is 496 g/mol. The minimum atomic E-state index is -0.286. The predicted molar refractivity (Wildman–Crippen MR) is 135 cm³/mol. The number of benzene rings is 2. The van der Waals surface area contributed by atoms with E-state index in [0.717, 1.165) is 22.7 Å². The van der Waals surface area contributed by atoms with Crippen LogP contribution in [0.2, 0.25) is 10.0 Å². The minimum Gasteiger partial charge on any atom is -0.497 e. The van der Waals surface area contributed by atoms with E-state index in [1.54, 1.807) is 19.4 Å². The van der Waals surface area contributed by atoms with E-state index in [2.05, 4.69) is 10.3 Å². The van der Waals surface area contributed by atoms with E-state index >= 15 is 0 Å². The Morgan fingerprint density at radius 2 is 1.88 bits per heavy atom. The van der Waals surface area contributed by atoms with Gasteiger partial charge < -0.3 is 19.4 Å². The van der Waals surface area contributed by atoms with Crippen molar-refractivity contribution in [2.75, 3.05) is 12.0 Å². The minimum absolute atomic E-state index is 0.223. The summed E-state index contributed by atoms with van der Waals surface area (Å²) in [6.45, 7) is 0. The third-order valence-corrected chi connectivity index (χ3v) is 6.70. The molecule has 2 aromatic heterocycles. The number of hydrogen-bond donors (Lipinski definition) is 1. The fraction of sp³-hybridized carbons (Fsp3) is 0.120. The zero-order chi connectivity index (χ0) is 22.9. The second kappa shape index (κ2) is 9.06. The van der Waals surface area contributed by atoms with Gasteiger partial charge >= 0.3 is 0 Å². The van der Waals surface area contributed by atoms with Gasteiger partial charge in [0.05, 0.1) is 28.9 Å². The van der Waals surface area contributed by atoms with Crippen LogP contribution in [0.15, 0.2) is 83.4 Å². The van der Waals surface area contributed by atoms with E-state index in [4.69, 9.17) is 44.6 Å². The molecule has 3 heterocycles. The number of methoxy groups -OCH3 is 1. The van der Waals surface area contributed by atoms with Gasteiger partial charge in [0, 0.05) is 23.5 Å². The van der Waals surface area contributed by atoms with E-state index < -0.39 is 0 Å². The monoisotopic (exact) mass is 495 g/mol. The molecule has 1 saturated heterocycles. The largest absolute Gasteiger partial charge is 0.497 e. The molecule has 8 heteroatoms. The van der Waals surface area contributed by atoms with Crippen molar-refractivity contribution in [1.82, 2.24) is 10.3 Å². The molecule has 5 nitrogen and oxygen atoms in total. The molecule has 166 valence electrons. The molecular formula is C25H19Cl2N3O2S. The van der Waals surface area contributed by atoms with Crippen molar-refractivity contribution in [3.8, 4) is 17.1 Å². The summed E-state index contributed by atoms with van der Waals surface area (Å²) in [7, 11) is 1.64. The first-order chi connectivity index (χ1) is 16.1. The van der Waals surface area contributed by atoms with E-state index in [9.17, 15) is 0 Å². The van der Waals surface area contributed by atoms with Crippen LogP contribution in [0.1, 0.15) is 23.5 Å². The molecule has 0 radical (unpaired) electrons. The Bertz CT molecular complexity index is 1310. The van der Waals surface area contributed by atoms with Crippen molar-refractivity contribution in [1.29, 1.82) is 0 Å². The first-order valence-electron chi connectivity index (χ1n) is 10.3. The summed E-state index contributed by atoms with van der Waals surface area (Å²) in [6.07, 6.45) is 1.77. The number of aromatic nitrogens is 1. The van der Waals surface area contributed by atoms with E-state index in [1.807, 2.05) is 71.6 Å². The highest BCUT2D eigenvalue weighted by Gasteiger charge is 2.42.